The van der Waals surface area contributed by atoms with Crippen LogP contribution in [0.1, 0.15) is 39.0 Å². The number of fused-ring (bicyclic) bond motifs is 1. The molecule has 0 amide bonds. The number of aromatic nitrogens is 4. The van der Waals surface area contributed by atoms with E-state index in [1.807, 2.05) is 6.92 Å². The molecular formula is C19H23F2N5. The number of rotatable bonds is 3. The summed E-state index contributed by atoms with van der Waals surface area (Å²) in [6.45, 7) is 11.6. The quantitative estimate of drug-likeness (QED) is 0.746. The molecule has 0 spiro atoms. The Morgan fingerprint density at radius 2 is 1.81 bits per heavy atom. The van der Waals surface area contributed by atoms with Crippen molar-refractivity contribution in [2.24, 2.45) is 5.41 Å². The molecular weight excluding hydrogens is 336 g/mol. The molecule has 0 aliphatic rings. The van der Waals surface area contributed by atoms with Crippen LogP contribution in [0.4, 0.5) is 14.6 Å². The number of hydrogen-bond acceptors (Lipinski definition) is 4. The van der Waals surface area contributed by atoms with Gasteiger partial charge in [-0.15, -0.1) is 0 Å². The Bertz CT molecular complexity index is 972. The molecule has 1 aromatic carbocycles. The molecule has 1 atom stereocenters. The maximum absolute atomic E-state index is 14.7. The summed E-state index contributed by atoms with van der Waals surface area (Å²) in [6.07, 6.45) is 1.39. The highest BCUT2D eigenvalue weighted by Gasteiger charge is 2.25. The maximum atomic E-state index is 14.7. The van der Waals surface area contributed by atoms with Crippen molar-refractivity contribution in [1.82, 2.24) is 19.6 Å². The highest BCUT2D eigenvalue weighted by Crippen LogP contribution is 2.35. The molecule has 0 radical (unpaired) electrons. The summed E-state index contributed by atoms with van der Waals surface area (Å²) in [5, 5.41) is 7.63. The lowest BCUT2D eigenvalue weighted by Crippen LogP contribution is -2.32. The monoisotopic (exact) mass is 359 g/mol. The third-order valence-electron chi connectivity index (χ3n) is 4.78. The van der Waals surface area contributed by atoms with E-state index >= 15 is 0 Å². The van der Waals surface area contributed by atoms with Crippen molar-refractivity contribution in [2.45, 2.75) is 47.6 Å². The Balaban J connectivity index is 2.30. The molecule has 26 heavy (non-hydrogen) atoms. The molecule has 138 valence electrons. The van der Waals surface area contributed by atoms with E-state index in [1.54, 1.807) is 6.92 Å². The van der Waals surface area contributed by atoms with E-state index < -0.39 is 11.6 Å². The highest BCUT2D eigenvalue weighted by molar-refractivity contribution is 5.79. The predicted octanol–water partition coefficient (Wildman–Crippen LogP) is 4.53. The number of hydrogen-bond donors (Lipinski definition) is 1. The van der Waals surface area contributed by atoms with Gasteiger partial charge in [0.15, 0.2) is 0 Å². The zero-order valence-corrected chi connectivity index (χ0v) is 15.9. The van der Waals surface area contributed by atoms with Crippen LogP contribution < -0.4 is 5.32 Å². The van der Waals surface area contributed by atoms with Gasteiger partial charge in [-0.05, 0) is 43.9 Å². The Labute approximate surface area is 151 Å². The van der Waals surface area contributed by atoms with E-state index in [0.717, 1.165) is 0 Å². The van der Waals surface area contributed by atoms with Gasteiger partial charge in [-0.3, -0.25) is 0 Å². The molecule has 0 aliphatic heterocycles. The Kier molecular flexibility index (Phi) is 4.42. The molecule has 3 aromatic rings. The highest BCUT2D eigenvalue weighted by atomic mass is 19.1. The van der Waals surface area contributed by atoms with Crippen molar-refractivity contribution in [1.29, 1.82) is 0 Å². The standard InChI is InChI=1S/C19H23F2N5/c1-10-7-15(21)13(8-14(10)20)16-11(2)24-18-22-9-23-26(18)17(16)25-12(3)19(4,5)6/h7-9,12,25H,1-6H3. The number of halogens is 2. The zero-order chi connectivity index (χ0) is 19.2. The molecule has 3 rings (SSSR count). The number of nitrogens with zero attached hydrogens (tertiary/aromatic N) is 4. The molecule has 0 saturated carbocycles. The van der Waals surface area contributed by atoms with Gasteiger partial charge in [0.05, 0.1) is 5.69 Å². The second-order valence-corrected chi connectivity index (χ2v) is 7.71. The topological polar surface area (TPSA) is 55.1 Å². The normalized spacial score (nSPS) is 13.2. The average Bonchev–Trinajstić information content (AvgIpc) is 2.98. The molecule has 2 aromatic heterocycles. The van der Waals surface area contributed by atoms with Crippen molar-refractivity contribution < 1.29 is 8.78 Å². The second-order valence-electron chi connectivity index (χ2n) is 7.71. The van der Waals surface area contributed by atoms with Gasteiger partial charge < -0.3 is 5.32 Å². The smallest absolute Gasteiger partial charge is 0.254 e. The van der Waals surface area contributed by atoms with Crippen LogP contribution in [0.25, 0.3) is 16.9 Å². The van der Waals surface area contributed by atoms with Gasteiger partial charge in [0.25, 0.3) is 5.78 Å². The Morgan fingerprint density at radius 3 is 2.46 bits per heavy atom. The van der Waals surface area contributed by atoms with Crippen LogP contribution in [0.15, 0.2) is 18.5 Å². The molecule has 1 N–H and O–H groups in total. The van der Waals surface area contributed by atoms with Crippen LogP contribution in [0.3, 0.4) is 0 Å². The van der Waals surface area contributed by atoms with E-state index in [1.165, 1.54) is 29.9 Å². The first-order chi connectivity index (χ1) is 12.1. The lowest BCUT2D eigenvalue weighted by Gasteiger charge is -2.30. The van der Waals surface area contributed by atoms with Gasteiger partial charge >= 0.3 is 0 Å². The van der Waals surface area contributed by atoms with E-state index in [2.05, 4.69) is 41.2 Å². The number of anilines is 1. The number of nitrogens with one attached hydrogen (secondary N) is 1. The largest absolute Gasteiger partial charge is 0.366 e. The molecule has 7 heteroatoms. The Morgan fingerprint density at radius 1 is 1.12 bits per heavy atom. The van der Waals surface area contributed by atoms with Gasteiger partial charge in [-0.2, -0.15) is 14.6 Å². The fraction of sp³-hybridized carbons (Fsp3) is 0.421. The van der Waals surface area contributed by atoms with Gasteiger partial charge in [0.1, 0.15) is 23.8 Å². The van der Waals surface area contributed by atoms with Gasteiger partial charge in [-0.1, -0.05) is 20.8 Å². The van der Waals surface area contributed by atoms with Crippen LogP contribution in [0.2, 0.25) is 0 Å². The first-order valence-electron chi connectivity index (χ1n) is 8.52. The van der Waals surface area contributed by atoms with Crippen molar-refractivity contribution in [3.63, 3.8) is 0 Å². The number of aryl methyl sites for hydroxylation is 2. The van der Waals surface area contributed by atoms with Crippen molar-refractivity contribution in [2.75, 3.05) is 5.32 Å². The fourth-order valence-corrected chi connectivity index (χ4v) is 2.67. The van der Waals surface area contributed by atoms with Crippen molar-refractivity contribution in [3.8, 4) is 11.1 Å². The minimum Gasteiger partial charge on any atom is -0.366 e. The summed E-state index contributed by atoms with van der Waals surface area (Å²) in [5.74, 6) is -0.00790. The fourth-order valence-electron chi connectivity index (χ4n) is 2.67. The summed E-state index contributed by atoms with van der Waals surface area (Å²) in [4.78, 5) is 8.53. The Hall–Kier alpha value is -2.57. The minimum atomic E-state index is -0.500. The molecule has 5 nitrogen and oxygen atoms in total. The third-order valence-corrected chi connectivity index (χ3v) is 4.78. The third kappa shape index (κ3) is 3.13. The summed E-state index contributed by atoms with van der Waals surface area (Å²) < 4.78 is 30.4. The van der Waals surface area contributed by atoms with Gasteiger partial charge in [0, 0.05) is 17.2 Å². The first kappa shape index (κ1) is 18.2. The molecule has 1 unspecified atom stereocenters. The molecule has 0 aliphatic carbocycles. The molecule has 2 heterocycles. The van der Waals surface area contributed by atoms with E-state index in [-0.39, 0.29) is 22.6 Å². The molecule has 0 bridgehead atoms. The molecule has 0 fully saturated rings. The van der Waals surface area contributed by atoms with Crippen molar-refractivity contribution >= 4 is 11.6 Å². The lowest BCUT2D eigenvalue weighted by atomic mass is 9.88. The zero-order valence-electron chi connectivity index (χ0n) is 15.9. The van der Waals surface area contributed by atoms with Gasteiger partial charge in [-0.25, -0.2) is 13.8 Å². The molecule has 0 saturated heterocycles. The summed E-state index contributed by atoms with van der Waals surface area (Å²) >= 11 is 0. The van der Waals surface area contributed by atoms with Crippen LogP contribution in [-0.4, -0.2) is 25.6 Å². The average molecular weight is 359 g/mol. The minimum absolute atomic E-state index is 0.0359. The van der Waals surface area contributed by atoms with Crippen LogP contribution >= 0.6 is 0 Å². The van der Waals surface area contributed by atoms with Crippen LogP contribution in [0.5, 0.6) is 0 Å². The summed E-state index contributed by atoms with van der Waals surface area (Å²) in [7, 11) is 0. The van der Waals surface area contributed by atoms with Crippen LogP contribution in [0, 0.1) is 30.9 Å². The van der Waals surface area contributed by atoms with Gasteiger partial charge in [0.2, 0.25) is 0 Å². The number of benzene rings is 1. The van der Waals surface area contributed by atoms with E-state index in [0.29, 0.717) is 22.9 Å². The summed E-state index contributed by atoms with van der Waals surface area (Å²) in [5.41, 5.74) is 1.39. The van der Waals surface area contributed by atoms with Crippen molar-refractivity contribution in [3.05, 3.63) is 41.4 Å². The van der Waals surface area contributed by atoms with Crippen LogP contribution in [-0.2, 0) is 0 Å². The predicted molar refractivity (Wildman–Crippen MR) is 98.1 cm³/mol. The lowest BCUT2D eigenvalue weighted by molar-refractivity contribution is 0.358. The van der Waals surface area contributed by atoms with E-state index in [9.17, 15) is 8.78 Å². The SMILES string of the molecule is Cc1cc(F)c(-c2c(C)nc3ncnn3c2NC(C)C(C)(C)C)cc1F. The maximum Gasteiger partial charge on any atom is 0.254 e. The first-order valence-corrected chi connectivity index (χ1v) is 8.52. The summed E-state index contributed by atoms with van der Waals surface area (Å²) in [6, 6.07) is 2.45. The second kappa shape index (κ2) is 6.30. The van der Waals surface area contributed by atoms with E-state index in [4.69, 9.17) is 0 Å².